The van der Waals surface area contributed by atoms with Crippen molar-refractivity contribution in [3.05, 3.63) is 21.9 Å². The molecule has 0 saturated carbocycles. The molecule has 0 saturated heterocycles. The van der Waals surface area contributed by atoms with Crippen LogP contribution in [0, 0.1) is 10.7 Å². The molecule has 0 unspecified atom stereocenters. The van der Waals surface area contributed by atoms with Crippen molar-refractivity contribution in [2.24, 2.45) is 5.18 Å². The zero-order chi connectivity index (χ0) is 9.14. The van der Waals surface area contributed by atoms with Crippen LogP contribution in [-0.4, -0.2) is 12.0 Å². The van der Waals surface area contributed by atoms with Crippen molar-refractivity contribution in [3.63, 3.8) is 0 Å². The molecule has 0 aliphatic carbocycles. The van der Waals surface area contributed by atoms with Crippen LogP contribution < -0.4 is 5.32 Å². The average molecular weight is 190 g/mol. The normalized spacial score (nSPS) is 9.58. The molecule has 0 radical (unpaired) electrons. The molecular weight excluding hydrogens is 185 g/mol. The lowest BCUT2D eigenvalue weighted by Gasteiger charge is -2.03. The second kappa shape index (κ2) is 3.44. The van der Waals surface area contributed by atoms with E-state index in [-0.39, 0.29) is 16.5 Å². The Kier molecular flexibility index (Phi) is 2.54. The predicted molar refractivity (Wildman–Crippen MR) is 44.2 cm³/mol. The lowest BCUT2D eigenvalue weighted by atomic mass is 10.4. The fourth-order valence-corrected chi connectivity index (χ4v) is 0.975. The van der Waals surface area contributed by atoms with Crippen LogP contribution in [0.3, 0.4) is 0 Å². The SMILES string of the molecule is CNc1c(N=O)ncc(F)c1Cl. The van der Waals surface area contributed by atoms with Gasteiger partial charge in [0.05, 0.1) is 6.20 Å². The highest BCUT2D eigenvalue weighted by Crippen LogP contribution is 2.31. The van der Waals surface area contributed by atoms with Gasteiger partial charge in [0, 0.05) is 7.05 Å². The molecule has 0 atom stereocenters. The summed E-state index contributed by atoms with van der Waals surface area (Å²) in [5, 5.41) is 4.92. The maximum Gasteiger partial charge on any atom is 0.221 e. The zero-order valence-corrected chi connectivity index (χ0v) is 6.89. The van der Waals surface area contributed by atoms with Crippen LogP contribution in [0.5, 0.6) is 0 Å². The minimum Gasteiger partial charge on any atom is -0.384 e. The van der Waals surface area contributed by atoms with Crippen LogP contribution in [0.1, 0.15) is 0 Å². The second-order valence-electron chi connectivity index (χ2n) is 1.96. The van der Waals surface area contributed by atoms with Crippen molar-refractivity contribution in [1.29, 1.82) is 0 Å². The molecule has 0 fully saturated rings. The first kappa shape index (κ1) is 8.86. The van der Waals surface area contributed by atoms with Gasteiger partial charge in [-0.15, -0.1) is 4.91 Å². The monoisotopic (exact) mass is 189 g/mol. The van der Waals surface area contributed by atoms with E-state index in [1.54, 1.807) is 0 Å². The van der Waals surface area contributed by atoms with Gasteiger partial charge in [-0.05, 0) is 5.18 Å². The summed E-state index contributed by atoms with van der Waals surface area (Å²) in [4.78, 5) is 13.5. The van der Waals surface area contributed by atoms with Gasteiger partial charge in [-0.2, -0.15) is 0 Å². The maximum absolute atomic E-state index is 12.7. The first-order chi connectivity index (χ1) is 5.70. The van der Waals surface area contributed by atoms with E-state index in [1.165, 1.54) is 7.05 Å². The van der Waals surface area contributed by atoms with Crippen molar-refractivity contribution in [1.82, 2.24) is 4.98 Å². The van der Waals surface area contributed by atoms with E-state index >= 15 is 0 Å². The van der Waals surface area contributed by atoms with Crippen LogP contribution in [0.25, 0.3) is 0 Å². The molecule has 6 heteroatoms. The fraction of sp³-hybridized carbons (Fsp3) is 0.167. The van der Waals surface area contributed by atoms with E-state index in [1.807, 2.05) is 0 Å². The molecule has 1 aromatic rings. The predicted octanol–water partition coefficient (Wildman–Crippen LogP) is 2.31. The smallest absolute Gasteiger partial charge is 0.221 e. The number of pyridine rings is 1. The number of anilines is 1. The lowest BCUT2D eigenvalue weighted by molar-refractivity contribution is 0.622. The number of rotatable bonds is 2. The van der Waals surface area contributed by atoms with Crippen LogP contribution in [0.4, 0.5) is 15.9 Å². The Morgan fingerprint density at radius 1 is 1.75 bits per heavy atom. The van der Waals surface area contributed by atoms with Crippen molar-refractivity contribution < 1.29 is 4.39 Å². The zero-order valence-electron chi connectivity index (χ0n) is 6.14. The van der Waals surface area contributed by atoms with Gasteiger partial charge in [0.2, 0.25) is 5.82 Å². The first-order valence-corrected chi connectivity index (χ1v) is 3.43. The summed E-state index contributed by atoms with van der Waals surface area (Å²) >= 11 is 5.50. The number of nitroso groups, excluding NO2 is 1. The minimum atomic E-state index is -0.687. The van der Waals surface area contributed by atoms with E-state index in [4.69, 9.17) is 11.6 Å². The van der Waals surface area contributed by atoms with Gasteiger partial charge in [0.15, 0.2) is 5.82 Å². The maximum atomic E-state index is 12.7. The van der Waals surface area contributed by atoms with Gasteiger partial charge >= 0.3 is 0 Å². The van der Waals surface area contributed by atoms with Gasteiger partial charge in [0.1, 0.15) is 10.7 Å². The third-order valence-electron chi connectivity index (χ3n) is 1.29. The Morgan fingerprint density at radius 3 is 2.92 bits per heavy atom. The average Bonchev–Trinajstić information content (AvgIpc) is 2.09. The molecule has 0 aliphatic heterocycles. The summed E-state index contributed by atoms with van der Waals surface area (Å²) in [5.41, 5.74) is 0.103. The van der Waals surface area contributed by atoms with Gasteiger partial charge in [-0.1, -0.05) is 11.6 Å². The van der Waals surface area contributed by atoms with Gasteiger partial charge in [0.25, 0.3) is 0 Å². The van der Waals surface area contributed by atoms with Crippen LogP contribution in [0.15, 0.2) is 11.4 Å². The number of nitrogens with zero attached hydrogens (tertiary/aromatic N) is 2. The summed E-state index contributed by atoms with van der Waals surface area (Å²) in [6.07, 6.45) is 0.847. The molecule has 1 rings (SSSR count). The number of nitrogens with one attached hydrogen (secondary N) is 1. The van der Waals surface area contributed by atoms with Crippen LogP contribution in [0.2, 0.25) is 5.02 Å². The van der Waals surface area contributed by atoms with Crippen molar-refractivity contribution >= 4 is 23.1 Å². The molecule has 1 aromatic heterocycles. The number of halogens is 2. The third-order valence-corrected chi connectivity index (χ3v) is 1.66. The molecule has 0 aliphatic rings. The van der Waals surface area contributed by atoms with E-state index in [0.29, 0.717) is 0 Å². The Balaban J connectivity index is 3.35. The van der Waals surface area contributed by atoms with Crippen LogP contribution >= 0.6 is 11.6 Å². The molecule has 0 bridgehead atoms. The summed E-state index contributed by atoms with van der Waals surface area (Å²) < 4.78 is 12.7. The second-order valence-corrected chi connectivity index (χ2v) is 2.34. The molecule has 64 valence electrons. The van der Waals surface area contributed by atoms with Crippen LogP contribution in [-0.2, 0) is 0 Å². The lowest BCUT2D eigenvalue weighted by Crippen LogP contribution is -1.93. The fourth-order valence-electron chi connectivity index (χ4n) is 0.747. The highest BCUT2D eigenvalue weighted by molar-refractivity contribution is 6.33. The minimum absolute atomic E-state index is 0.103. The van der Waals surface area contributed by atoms with Crippen molar-refractivity contribution in [3.8, 4) is 0 Å². The van der Waals surface area contributed by atoms with Gasteiger partial charge in [-0.25, -0.2) is 9.37 Å². The summed E-state index contributed by atoms with van der Waals surface area (Å²) in [6, 6.07) is 0. The number of aromatic nitrogens is 1. The molecule has 0 spiro atoms. The highest BCUT2D eigenvalue weighted by Gasteiger charge is 2.11. The Morgan fingerprint density at radius 2 is 2.42 bits per heavy atom. The summed E-state index contributed by atoms with van der Waals surface area (Å²) in [5.74, 6) is -0.836. The largest absolute Gasteiger partial charge is 0.384 e. The first-order valence-electron chi connectivity index (χ1n) is 3.05. The van der Waals surface area contributed by atoms with Crippen molar-refractivity contribution in [2.75, 3.05) is 12.4 Å². The van der Waals surface area contributed by atoms with E-state index in [9.17, 15) is 9.30 Å². The topological polar surface area (TPSA) is 54.4 Å². The Bertz CT molecular complexity index is 318. The molecular formula is C6H5ClFN3O. The van der Waals surface area contributed by atoms with Crippen molar-refractivity contribution in [2.45, 2.75) is 0 Å². The van der Waals surface area contributed by atoms with E-state index in [0.717, 1.165) is 6.20 Å². The van der Waals surface area contributed by atoms with Gasteiger partial charge < -0.3 is 5.32 Å². The standard InChI is InChI=1S/C6H5ClFN3O/c1-9-5-4(7)3(8)2-10-6(5)11-12/h2,9H,1H3. The van der Waals surface area contributed by atoms with Gasteiger partial charge in [-0.3, -0.25) is 0 Å². The number of hydrogen-bond acceptors (Lipinski definition) is 4. The number of hydrogen-bond donors (Lipinski definition) is 1. The molecule has 1 heterocycles. The van der Waals surface area contributed by atoms with E-state index < -0.39 is 5.82 Å². The third kappa shape index (κ3) is 1.35. The molecule has 12 heavy (non-hydrogen) atoms. The summed E-state index contributed by atoms with van der Waals surface area (Å²) in [7, 11) is 1.50. The molecule has 0 aromatic carbocycles. The quantitative estimate of drug-likeness (QED) is 0.727. The molecule has 4 nitrogen and oxygen atoms in total. The Labute approximate surface area is 72.7 Å². The highest BCUT2D eigenvalue weighted by atomic mass is 35.5. The Hall–Kier alpha value is -1.23. The molecule has 0 amide bonds. The summed E-state index contributed by atoms with van der Waals surface area (Å²) in [6.45, 7) is 0. The van der Waals surface area contributed by atoms with E-state index in [2.05, 4.69) is 15.5 Å². The molecule has 1 N–H and O–H groups in total.